The van der Waals surface area contributed by atoms with Gasteiger partial charge in [0.15, 0.2) is 0 Å². The third-order valence-electron chi connectivity index (χ3n) is 1.73. The molecule has 1 N–H and O–H groups in total. The van der Waals surface area contributed by atoms with Crippen molar-refractivity contribution in [1.82, 2.24) is 9.78 Å². The van der Waals surface area contributed by atoms with Gasteiger partial charge in [0, 0.05) is 5.56 Å². The summed E-state index contributed by atoms with van der Waals surface area (Å²) < 4.78 is 1.61. The lowest BCUT2D eigenvalue weighted by Gasteiger charge is -2.03. The second-order valence-electron chi connectivity index (χ2n) is 2.99. The summed E-state index contributed by atoms with van der Waals surface area (Å²) in [5, 5.41) is 13.4. The maximum absolute atomic E-state index is 8.67. The molecule has 1 aromatic heterocycles. The highest BCUT2D eigenvalue weighted by Gasteiger charge is 2.10. The molecule has 12 heavy (non-hydrogen) atoms. The molecule has 0 aliphatic rings. The lowest BCUT2D eigenvalue weighted by molar-refractivity contribution is 0.269. The van der Waals surface area contributed by atoms with Crippen molar-refractivity contribution in [1.29, 1.82) is 0 Å². The molecule has 1 rings (SSSR count). The van der Waals surface area contributed by atoms with Gasteiger partial charge in [0.25, 0.3) is 0 Å². The molecule has 4 heteroatoms. The van der Waals surface area contributed by atoms with Crippen LogP contribution in [0.5, 0.6) is 0 Å². The summed E-state index contributed by atoms with van der Waals surface area (Å²) in [6, 6.07) is 0. The number of nitrogens with zero attached hydrogens (tertiary/aromatic N) is 2. The zero-order chi connectivity index (χ0) is 9.14. The first-order valence-corrected chi connectivity index (χ1v) is 4.36. The van der Waals surface area contributed by atoms with Gasteiger partial charge < -0.3 is 5.11 Å². The molecular weight excluding hydrogens is 176 g/mol. The van der Waals surface area contributed by atoms with Crippen molar-refractivity contribution in [3.05, 3.63) is 16.9 Å². The van der Waals surface area contributed by atoms with Crippen LogP contribution in [0.2, 0.25) is 5.15 Å². The second kappa shape index (κ2) is 3.92. The molecule has 0 aliphatic heterocycles. The van der Waals surface area contributed by atoms with E-state index in [0.717, 1.165) is 5.56 Å². The molecule has 0 aromatic carbocycles. The fourth-order valence-electron chi connectivity index (χ4n) is 1.02. The Bertz CT molecular complexity index is 258. The SMILES string of the molecule is CC(C)c1cnn(CCO)c1Cl. The van der Waals surface area contributed by atoms with Crippen molar-refractivity contribution in [2.75, 3.05) is 6.61 Å². The van der Waals surface area contributed by atoms with Gasteiger partial charge in [0.2, 0.25) is 0 Å². The number of aliphatic hydroxyl groups is 1. The van der Waals surface area contributed by atoms with Crippen molar-refractivity contribution in [3.8, 4) is 0 Å². The smallest absolute Gasteiger partial charge is 0.130 e. The van der Waals surface area contributed by atoms with Crippen molar-refractivity contribution in [2.45, 2.75) is 26.3 Å². The Balaban J connectivity index is 2.88. The number of aromatic nitrogens is 2. The summed E-state index contributed by atoms with van der Waals surface area (Å²) in [5.41, 5.74) is 1.03. The zero-order valence-electron chi connectivity index (χ0n) is 7.29. The van der Waals surface area contributed by atoms with Gasteiger partial charge in [-0.15, -0.1) is 0 Å². The van der Waals surface area contributed by atoms with Gasteiger partial charge in [-0.05, 0) is 5.92 Å². The van der Waals surface area contributed by atoms with Gasteiger partial charge in [-0.1, -0.05) is 25.4 Å². The topological polar surface area (TPSA) is 38.0 Å². The quantitative estimate of drug-likeness (QED) is 0.784. The average molecular weight is 189 g/mol. The molecule has 0 saturated heterocycles. The normalized spacial score (nSPS) is 11.1. The molecule has 0 bridgehead atoms. The molecule has 0 amide bonds. The first-order chi connectivity index (χ1) is 5.66. The van der Waals surface area contributed by atoms with Crippen LogP contribution in [0, 0.1) is 0 Å². The van der Waals surface area contributed by atoms with E-state index in [-0.39, 0.29) is 6.61 Å². The minimum atomic E-state index is 0.0684. The predicted octanol–water partition coefficient (Wildman–Crippen LogP) is 1.65. The Hall–Kier alpha value is -0.540. The van der Waals surface area contributed by atoms with E-state index >= 15 is 0 Å². The highest BCUT2D eigenvalue weighted by Crippen LogP contribution is 2.23. The van der Waals surface area contributed by atoms with E-state index in [1.54, 1.807) is 10.9 Å². The summed E-state index contributed by atoms with van der Waals surface area (Å²) in [5.74, 6) is 0.380. The Morgan fingerprint density at radius 1 is 1.67 bits per heavy atom. The van der Waals surface area contributed by atoms with Crippen LogP contribution in [0.1, 0.15) is 25.3 Å². The lowest BCUT2D eigenvalue weighted by atomic mass is 10.1. The van der Waals surface area contributed by atoms with Crippen molar-refractivity contribution >= 4 is 11.6 Å². The highest BCUT2D eigenvalue weighted by molar-refractivity contribution is 6.30. The molecule has 0 unspecified atom stereocenters. The van der Waals surface area contributed by atoms with Crippen LogP contribution >= 0.6 is 11.6 Å². The Labute approximate surface area is 77.0 Å². The third-order valence-corrected chi connectivity index (χ3v) is 2.15. The maximum atomic E-state index is 8.67. The van der Waals surface area contributed by atoms with Crippen LogP contribution in [0.25, 0.3) is 0 Å². The van der Waals surface area contributed by atoms with E-state index in [4.69, 9.17) is 16.7 Å². The van der Waals surface area contributed by atoms with E-state index in [2.05, 4.69) is 18.9 Å². The predicted molar refractivity (Wildman–Crippen MR) is 48.4 cm³/mol. The lowest BCUT2D eigenvalue weighted by Crippen LogP contribution is -2.03. The van der Waals surface area contributed by atoms with Gasteiger partial charge in [0.1, 0.15) is 5.15 Å². The van der Waals surface area contributed by atoms with Crippen molar-refractivity contribution in [2.24, 2.45) is 0 Å². The number of hydrogen-bond acceptors (Lipinski definition) is 2. The van der Waals surface area contributed by atoms with Crippen LogP contribution in [0.15, 0.2) is 6.20 Å². The third kappa shape index (κ3) is 1.79. The summed E-state index contributed by atoms with van der Waals surface area (Å²) in [6.07, 6.45) is 1.75. The Morgan fingerprint density at radius 3 is 2.75 bits per heavy atom. The summed E-state index contributed by atoms with van der Waals surface area (Å²) in [4.78, 5) is 0. The fourth-order valence-corrected chi connectivity index (χ4v) is 1.42. The largest absolute Gasteiger partial charge is 0.394 e. The number of aliphatic hydroxyl groups excluding tert-OH is 1. The monoisotopic (exact) mass is 188 g/mol. The molecule has 1 heterocycles. The molecule has 0 saturated carbocycles. The van der Waals surface area contributed by atoms with Gasteiger partial charge in [-0.3, -0.25) is 4.68 Å². The molecule has 0 atom stereocenters. The minimum absolute atomic E-state index is 0.0684. The summed E-state index contributed by atoms with van der Waals surface area (Å²) in [7, 11) is 0. The summed E-state index contributed by atoms with van der Waals surface area (Å²) in [6.45, 7) is 4.66. The van der Waals surface area contributed by atoms with Crippen LogP contribution in [0.3, 0.4) is 0 Å². The Kier molecular flexibility index (Phi) is 3.12. The second-order valence-corrected chi connectivity index (χ2v) is 3.35. The summed E-state index contributed by atoms with van der Waals surface area (Å²) >= 11 is 5.99. The molecule has 0 fully saturated rings. The van der Waals surface area contributed by atoms with Crippen molar-refractivity contribution in [3.63, 3.8) is 0 Å². The molecule has 0 spiro atoms. The maximum Gasteiger partial charge on any atom is 0.130 e. The number of rotatable bonds is 3. The molecule has 1 aromatic rings. The van der Waals surface area contributed by atoms with Gasteiger partial charge >= 0.3 is 0 Å². The first-order valence-electron chi connectivity index (χ1n) is 3.99. The van der Waals surface area contributed by atoms with E-state index in [1.165, 1.54) is 0 Å². The van der Waals surface area contributed by atoms with Crippen LogP contribution < -0.4 is 0 Å². The van der Waals surface area contributed by atoms with Crippen LogP contribution in [-0.4, -0.2) is 21.5 Å². The minimum Gasteiger partial charge on any atom is -0.394 e. The zero-order valence-corrected chi connectivity index (χ0v) is 8.04. The first kappa shape index (κ1) is 9.55. The van der Waals surface area contributed by atoms with E-state index in [9.17, 15) is 0 Å². The number of halogens is 1. The molecule has 0 radical (unpaired) electrons. The molecular formula is C8H13ClN2O. The molecule has 0 aliphatic carbocycles. The van der Waals surface area contributed by atoms with Gasteiger partial charge in [-0.25, -0.2) is 0 Å². The molecule has 68 valence electrons. The highest BCUT2D eigenvalue weighted by atomic mass is 35.5. The van der Waals surface area contributed by atoms with Gasteiger partial charge in [0.05, 0.1) is 19.3 Å². The average Bonchev–Trinajstić information content (AvgIpc) is 2.34. The standard InChI is InChI=1S/C8H13ClN2O/c1-6(2)7-5-10-11(3-4-12)8(7)9/h5-6,12H,3-4H2,1-2H3. The van der Waals surface area contributed by atoms with E-state index in [0.29, 0.717) is 17.6 Å². The van der Waals surface area contributed by atoms with E-state index in [1.807, 2.05) is 0 Å². The van der Waals surface area contributed by atoms with Crippen LogP contribution in [-0.2, 0) is 6.54 Å². The van der Waals surface area contributed by atoms with Gasteiger partial charge in [-0.2, -0.15) is 5.10 Å². The van der Waals surface area contributed by atoms with Crippen LogP contribution in [0.4, 0.5) is 0 Å². The molecule has 3 nitrogen and oxygen atoms in total. The fraction of sp³-hybridized carbons (Fsp3) is 0.625. The van der Waals surface area contributed by atoms with E-state index < -0.39 is 0 Å². The number of hydrogen-bond donors (Lipinski definition) is 1. The Morgan fingerprint density at radius 2 is 2.33 bits per heavy atom. The van der Waals surface area contributed by atoms with Crippen molar-refractivity contribution < 1.29 is 5.11 Å².